The number of hydrogen-bond acceptors (Lipinski definition) is 5. The van der Waals surface area contributed by atoms with Gasteiger partial charge in [0.2, 0.25) is 5.91 Å². The second kappa shape index (κ2) is 8.04. The summed E-state index contributed by atoms with van der Waals surface area (Å²) in [7, 11) is 1.88. The number of nitrogens with zero attached hydrogens (tertiary/aromatic N) is 3. The monoisotopic (exact) mass is 420 g/mol. The molecule has 30 heavy (non-hydrogen) atoms. The lowest BCUT2D eigenvalue weighted by Gasteiger charge is -2.36. The van der Waals surface area contributed by atoms with Crippen molar-refractivity contribution < 1.29 is 22.7 Å². The summed E-state index contributed by atoms with van der Waals surface area (Å²) in [6.45, 7) is 3.54. The van der Waals surface area contributed by atoms with E-state index in [1.165, 1.54) is 0 Å². The van der Waals surface area contributed by atoms with Crippen LogP contribution in [-0.2, 0) is 4.79 Å². The number of aromatic nitrogens is 1. The number of nitrogens with one attached hydrogen (secondary N) is 1. The molecule has 1 aliphatic carbocycles. The Balaban J connectivity index is 1.31. The third-order valence-electron chi connectivity index (χ3n) is 5.58. The smallest absolute Gasteiger partial charge is 0.246 e. The maximum Gasteiger partial charge on any atom is 0.246 e. The molecule has 1 fully saturated rings. The molecule has 9 heteroatoms. The summed E-state index contributed by atoms with van der Waals surface area (Å²) < 4.78 is 45.1. The summed E-state index contributed by atoms with van der Waals surface area (Å²) in [4.78, 5) is 20.2. The maximum atomic E-state index is 13.3. The summed E-state index contributed by atoms with van der Waals surface area (Å²) in [5.41, 5.74) is 1.75. The third-order valence-corrected chi connectivity index (χ3v) is 5.58. The molecule has 0 unspecified atom stereocenters. The van der Waals surface area contributed by atoms with E-state index in [1.807, 2.05) is 24.9 Å². The Morgan fingerprint density at radius 3 is 2.53 bits per heavy atom. The van der Waals surface area contributed by atoms with E-state index in [4.69, 9.17) is 4.74 Å². The number of anilines is 3. The van der Waals surface area contributed by atoms with Gasteiger partial charge in [-0.15, -0.1) is 0 Å². The van der Waals surface area contributed by atoms with Gasteiger partial charge in [0.15, 0.2) is 17.5 Å². The lowest BCUT2D eigenvalue weighted by Crippen LogP contribution is -2.44. The van der Waals surface area contributed by atoms with Crippen LogP contribution in [0.15, 0.2) is 24.4 Å². The fraction of sp³-hybridized carbons (Fsp3) is 0.429. The minimum atomic E-state index is -1.49. The van der Waals surface area contributed by atoms with Crippen LogP contribution in [0.4, 0.5) is 30.4 Å². The summed E-state index contributed by atoms with van der Waals surface area (Å²) >= 11 is 0. The number of carbonyl (C=O) groups excluding carboxylic acids is 1. The van der Waals surface area contributed by atoms with E-state index in [9.17, 15) is 18.0 Å². The number of benzene rings is 1. The molecular formula is C21H23F3N4O2. The molecule has 2 heterocycles. The number of rotatable bonds is 6. The van der Waals surface area contributed by atoms with Crippen molar-refractivity contribution in [3.8, 4) is 5.75 Å². The van der Waals surface area contributed by atoms with Gasteiger partial charge in [-0.25, -0.2) is 18.2 Å². The molecule has 160 valence electrons. The Hall–Kier alpha value is -2.97. The zero-order valence-electron chi connectivity index (χ0n) is 16.8. The van der Waals surface area contributed by atoms with Gasteiger partial charge < -0.3 is 19.9 Å². The molecule has 1 aromatic heterocycles. The fourth-order valence-corrected chi connectivity index (χ4v) is 3.88. The quantitative estimate of drug-likeness (QED) is 0.724. The number of fused-ring (bicyclic) bond motifs is 1. The third kappa shape index (κ3) is 3.88. The number of hydrogen-bond donors (Lipinski definition) is 1. The number of pyridine rings is 1. The number of halogens is 3. The average Bonchev–Trinajstić information content (AvgIpc) is 2.68. The van der Waals surface area contributed by atoms with Crippen LogP contribution < -0.4 is 19.9 Å². The first-order valence-corrected chi connectivity index (χ1v) is 9.92. The Kier molecular flexibility index (Phi) is 5.44. The lowest BCUT2D eigenvalue weighted by atomic mass is 9.82. The Labute approximate surface area is 172 Å². The van der Waals surface area contributed by atoms with Crippen LogP contribution in [0.1, 0.15) is 19.8 Å². The van der Waals surface area contributed by atoms with Gasteiger partial charge in [0, 0.05) is 38.3 Å². The molecule has 0 bridgehead atoms. The van der Waals surface area contributed by atoms with Gasteiger partial charge >= 0.3 is 0 Å². The minimum Gasteiger partial charge on any atom is -0.490 e. The standard InChI is InChI=1S/C21H23F3N4O2/c1-3-28-18-10-26-19(8-17(18)27(2)11-20(28)29)25-9-12-4-13(5-12)30-14-6-15(22)21(24)16(23)7-14/h6-8,10,12-13H,3-5,9,11H2,1-2H3,(H,25,26)/t12-,13-. The number of likely N-dealkylation sites (N-methyl/N-ethyl adjacent to an activating group) is 2. The van der Waals surface area contributed by atoms with Gasteiger partial charge in [-0.3, -0.25) is 4.79 Å². The molecule has 1 aliphatic heterocycles. The van der Waals surface area contributed by atoms with Crippen molar-refractivity contribution in [3.63, 3.8) is 0 Å². The van der Waals surface area contributed by atoms with Crippen LogP contribution in [0, 0.1) is 23.4 Å². The molecule has 0 atom stereocenters. The van der Waals surface area contributed by atoms with Crippen LogP contribution in [0.2, 0.25) is 0 Å². The van der Waals surface area contributed by atoms with Crippen LogP contribution in [-0.4, -0.2) is 43.7 Å². The molecule has 6 nitrogen and oxygen atoms in total. The molecule has 2 aromatic rings. The van der Waals surface area contributed by atoms with Crippen molar-refractivity contribution >= 4 is 23.1 Å². The second-order valence-corrected chi connectivity index (χ2v) is 7.71. The van der Waals surface area contributed by atoms with Gasteiger partial charge in [-0.05, 0) is 25.7 Å². The average molecular weight is 420 g/mol. The second-order valence-electron chi connectivity index (χ2n) is 7.71. The summed E-state index contributed by atoms with van der Waals surface area (Å²) in [5.74, 6) is -2.91. The maximum absolute atomic E-state index is 13.3. The molecule has 2 aliphatic rings. The van der Waals surface area contributed by atoms with Crippen molar-refractivity contribution in [2.45, 2.75) is 25.9 Å². The lowest BCUT2D eigenvalue weighted by molar-refractivity contribution is -0.117. The van der Waals surface area contributed by atoms with Crippen molar-refractivity contribution in [1.29, 1.82) is 0 Å². The van der Waals surface area contributed by atoms with Crippen molar-refractivity contribution in [3.05, 3.63) is 41.8 Å². The van der Waals surface area contributed by atoms with Crippen molar-refractivity contribution in [2.75, 3.05) is 41.8 Å². The Bertz CT molecular complexity index is 942. The molecular weight excluding hydrogens is 397 g/mol. The van der Waals surface area contributed by atoms with Gasteiger partial charge in [0.05, 0.1) is 30.2 Å². The number of amides is 1. The van der Waals surface area contributed by atoms with E-state index in [-0.39, 0.29) is 17.8 Å². The first-order chi connectivity index (χ1) is 14.4. The topological polar surface area (TPSA) is 57.7 Å². The normalized spacial score (nSPS) is 20.6. The van der Waals surface area contributed by atoms with Crippen LogP contribution >= 0.6 is 0 Å². The van der Waals surface area contributed by atoms with Crippen molar-refractivity contribution in [2.24, 2.45) is 5.92 Å². The summed E-state index contributed by atoms with van der Waals surface area (Å²) in [6, 6.07) is 3.66. The molecule has 1 aromatic carbocycles. The largest absolute Gasteiger partial charge is 0.490 e. The molecule has 0 spiro atoms. The molecule has 4 rings (SSSR count). The van der Waals surface area contributed by atoms with E-state index in [0.29, 0.717) is 25.6 Å². The molecule has 0 saturated heterocycles. The van der Waals surface area contributed by atoms with Gasteiger partial charge in [0.25, 0.3) is 0 Å². The van der Waals surface area contributed by atoms with Crippen LogP contribution in [0.3, 0.4) is 0 Å². The summed E-state index contributed by atoms with van der Waals surface area (Å²) in [6.07, 6.45) is 2.99. The molecule has 1 amide bonds. The molecule has 0 radical (unpaired) electrons. The van der Waals surface area contributed by atoms with Gasteiger partial charge in [0.1, 0.15) is 11.6 Å². The molecule has 1 N–H and O–H groups in total. The van der Waals surface area contributed by atoms with Crippen molar-refractivity contribution in [1.82, 2.24) is 4.98 Å². The first kappa shape index (κ1) is 20.3. The zero-order valence-corrected chi connectivity index (χ0v) is 16.8. The van der Waals surface area contributed by atoms with Crippen LogP contribution in [0.25, 0.3) is 0 Å². The first-order valence-electron chi connectivity index (χ1n) is 9.92. The highest BCUT2D eigenvalue weighted by molar-refractivity contribution is 6.03. The van der Waals surface area contributed by atoms with Crippen LogP contribution in [0.5, 0.6) is 5.75 Å². The Morgan fingerprint density at radius 2 is 1.87 bits per heavy atom. The molecule has 1 saturated carbocycles. The Morgan fingerprint density at radius 1 is 1.17 bits per heavy atom. The fourth-order valence-electron chi connectivity index (χ4n) is 3.88. The zero-order chi connectivity index (χ0) is 21.4. The number of ether oxygens (including phenoxy) is 1. The highest BCUT2D eigenvalue weighted by atomic mass is 19.2. The van der Waals surface area contributed by atoms with E-state index < -0.39 is 17.5 Å². The number of carbonyl (C=O) groups is 1. The highest BCUT2D eigenvalue weighted by Gasteiger charge is 2.32. The minimum absolute atomic E-state index is 0.00257. The SMILES string of the molecule is CCN1C(=O)CN(C)c2cc(NC[C@H]3C[C@H](Oc4cc(F)c(F)c(F)c4)C3)ncc21. The van der Waals surface area contributed by atoms with E-state index in [2.05, 4.69) is 10.3 Å². The van der Waals surface area contributed by atoms with E-state index in [0.717, 1.165) is 42.2 Å². The highest BCUT2D eigenvalue weighted by Crippen LogP contribution is 2.35. The van der Waals surface area contributed by atoms with E-state index in [1.54, 1.807) is 11.1 Å². The summed E-state index contributed by atoms with van der Waals surface area (Å²) in [5, 5.41) is 3.31. The van der Waals surface area contributed by atoms with E-state index >= 15 is 0 Å². The predicted octanol–water partition coefficient (Wildman–Crippen LogP) is 3.57. The van der Waals surface area contributed by atoms with Gasteiger partial charge in [-0.1, -0.05) is 0 Å². The predicted molar refractivity (Wildman–Crippen MR) is 107 cm³/mol. The van der Waals surface area contributed by atoms with Gasteiger partial charge in [-0.2, -0.15) is 0 Å².